The van der Waals surface area contributed by atoms with Crippen LogP contribution in [0.4, 0.5) is 0 Å². The maximum absolute atomic E-state index is 10.9. The molecular weight excluding hydrogens is 204 g/mol. The molecule has 0 aromatic carbocycles. The average Bonchev–Trinajstić information content (AvgIpc) is 2.26. The molecule has 1 aliphatic heterocycles. The molecule has 0 aromatic heterocycles. The maximum atomic E-state index is 10.9. The van der Waals surface area contributed by atoms with Gasteiger partial charge in [0, 0.05) is 13.1 Å². The molecule has 1 fully saturated rings. The summed E-state index contributed by atoms with van der Waals surface area (Å²) in [5, 5.41) is 2.66. The Morgan fingerprint density at radius 2 is 2.25 bits per heavy atom. The molecule has 4 nitrogen and oxygen atoms in total. The normalized spacial score (nSPS) is 22.8. The molecule has 4 heteroatoms. The van der Waals surface area contributed by atoms with E-state index in [-0.39, 0.29) is 5.41 Å². The van der Waals surface area contributed by atoms with Crippen LogP contribution in [0.15, 0.2) is 0 Å². The predicted octanol–water partition coefficient (Wildman–Crippen LogP) is 0.670. The summed E-state index contributed by atoms with van der Waals surface area (Å²) in [5.41, 5.74) is 0.0490. The van der Waals surface area contributed by atoms with E-state index in [2.05, 4.69) is 31.1 Å². The third kappa shape index (κ3) is 3.59. The van der Waals surface area contributed by atoms with E-state index in [1.807, 2.05) is 0 Å². The SMILES string of the molecule is CN1CCCC(C(C)(C)CNC(=O)C=O)C1. The number of carbonyl (C=O) groups is 2. The first kappa shape index (κ1) is 13.2. The van der Waals surface area contributed by atoms with Gasteiger partial charge in [-0.25, -0.2) is 0 Å². The first-order chi connectivity index (χ1) is 7.45. The number of nitrogens with one attached hydrogen (secondary N) is 1. The zero-order valence-electron chi connectivity index (χ0n) is 10.5. The number of nitrogens with zero attached hydrogens (tertiary/aromatic N) is 1. The molecule has 16 heavy (non-hydrogen) atoms. The summed E-state index contributed by atoms with van der Waals surface area (Å²) in [6.07, 6.45) is 2.75. The zero-order chi connectivity index (χ0) is 12.2. The first-order valence-corrected chi connectivity index (χ1v) is 5.87. The quantitative estimate of drug-likeness (QED) is 0.566. The van der Waals surface area contributed by atoms with Crippen LogP contribution in [-0.4, -0.2) is 43.8 Å². The van der Waals surface area contributed by atoms with Crippen LogP contribution in [0.2, 0.25) is 0 Å². The predicted molar refractivity (Wildman–Crippen MR) is 63.1 cm³/mol. The summed E-state index contributed by atoms with van der Waals surface area (Å²) in [5.74, 6) is 0.0652. The topological polar surface area (TPSA) is 49.4 Å². The van der Waals surface area contributed by atoms with Crippen LogP contribution in [-0.2, 0) is 9.59 Å². The molecule has 1 unspecified atom stereocenters. The van der Waals surface area contributed by atoms with E-state index >= 15 is 0 Å². The van der Waals surface area contributed by atoms with E-state index in [0.717, 1.165) is 13.1 Å². The first-order valence-electron chi connectivity index (χ1n) is 5.87. The molecule has 0 bridgehead atoms. The molecule has 0 spiro atoms. The fourth-order valence-corrected chi connectivity index (χ4v) is 2.31. The Hall–Kier alpha value is -0.900. The molecule has 0 radical (unpaired) electrons. The minimum Gasteiger partial charge on any atom is -0.349 e. The molecule has 1 saturated heterocycles. The van der Waals surface area contributed by atoms with Crippen LogP contribution >= 0.6 is 0 Å². The van der Waals surface area contributed by atoms with Gasteiger partial charge in [-0.3, -0.25) is 9.59 Å². The van der Waals surface area contributed by atoms with Crippen molar-refractivity contribution in [3.63, 3.8) is 0 Å². The van der Waals surface area contributed by atoms with Crippen LogP contribution < -0.4 is 5.32 Å². The number of piperidine rings is 1. The molecule has 92 valence electrons. The lowest BCUT2D eigenvalue weighted by Gasteiger charge is -2.40. The van der Waals surface area contributed by atoms with E-state index in [1.54, 1.807) is 0 Å². The summed E-state index contributed by atoms with van der Waals surface area (Å²) in [6, 6.07) is 0. The number of aldehydes is 1. The van der Waals surface area contributed by atoms with Gasteiger partial charge in [0.1, 0.15) is 0 Å². The average molecular weight is 226 g/mol. The van der Waals surface area contributed by atoms with Crippen molar-refractivity contribution in [3.05, 3.63) is 0 Å². The maximum Gasteiger partial charge on any atom is 0.284 e. The highest BCUT2D eigenvalue weighted by atomic mass is 16.2. The van der Waals surface area contributed by atoms with E-state index in [4.69, 9.17) is 0 Å². The Balaban J connectivity index is 2.48. The second-order valence-corrected chi connectivity index (χ2v) is 5.43. The van der Waals surface area contributed by atoms with Gasteiger partial charge >= 0.3 is 0 Å². The van der Waals surface area contributed by atoms with Crippen LogP contribution in [0.3, 0.4) is 0 Å². The fourth-order valence-electron chi connectivity index (χ4n) is 2.31. The summed E-state index contributed by atoms with van der Waals surface area (Å²) < 4.78 is 0. The second-order valence-electron chi connectivity index (χ2n) is 5.43. The van der Waals surface area contributed by atoms with Crippen molar-refractivity contribution < 1.29 is 9.59 Å². The monoisotopic (exact) mass is 226 g/mol. The minimum absolute atomic E-state index is 0.0490. The number of rotatable bonds is 4. The Kier molecular flexibility index (Phi) is 4.47. The van der Waals surface area contributed by atoms with Crippen molar-refractivity contribution in [1.29, 1.82) is 0 Å². The molecule has 1 amide bonds. The van der Waals surface area contributed by atoms with E-state index in [9.17, 15) is 9.59 Å². The summed E-state index contributed by atoms with van der Waals surface area (Å²) >= 11 is 0. The number of amides is 1. The fraction of sp³-hybridized carbons (Fsp3) is 0.833. The number of carbonyl (C=O) groups excluding carboxylic acids is 2. The van der Waals surface area contributed by atoms with E-state index in [1.165, 1.54) is 12.8 Å². The highest BCUT2D eigenvalue weighted by Crippen LogP contribution is 2.32. The number of likely N-dealkylation sites (tertiary alicyclic amines) is 1. The lowest BCUT2D eigenvalue weighted by Crippen LogP contribution is -2.45. The summed E-state index contributed by atoms with van der Waals surface area (Å²) in [6.45, 7) is 7.12. The smallest absolute Gasteiger partial charge is 0.284 e. The van der Waals surface area contributed by atoms with Gasteiger partial charge in [-0.2, -0.15) is 0 Å². The molecule has 0 saturated carbocycles. The number of hydrogen-bond acceptors (Lipinski definition) is 3. The molecular formula is C12H22N2O2. The largest absolute Gasteiger partial charge is 0.349 e. The van der Waals surface area contributed by atoms with Gasteiger partial charge in [0.25, 0.3) is 5.91 Å². The minimum atomic E-state index is -0.516. The third-order valence-corrected chi connectivity index (χ3v) is 3.55. The van der Waals surface area contributed by atoms with Crippen molar-refractivity contribution in [1.82, 2.24) is 10.2 Å². The lowest BCUT2D eigenvalue weighted by atomic mass is 9.74. The van der Waals surface area contributed by atoms with Crippen LogP contribution in [0.1, 0.15) is 26.7 Å². The van der Waals surface area contributed by atoms with E-state index < -0.39 is 5.91 Å². The van der Waals surface area contributed by atoms with Gasteiger partial charge in [0.2, 0.25) is 6.29 Å². The molecule has 1 rings (SSSR count). The van der Waals surface area contributed by atoms with Crippen LogP contribution in [0, 0.1) is 11.3 Å². The molecule has 1 aliphatic rings. The molecule has 1 atom stereocenters. The number of hydrogen-bond donors (Lipinski definition) is 1. The highest BCUT2D eigenvalue weighted by Gasteiger charge is 2.32. The summed E-state index contributed by atoms with van der Waals surface area (Å²) in [7, 11) is 2.13. The lowest BCUT2D eigenvalue weighted by molar-refractivity contribution is -0.131. The van der Waals surface area contributed by atoms with Crippen molar-refractivity contribution in [2.24, 2.45) is 11.3 Å². The molecule has 0 aromatic rings. The van der Waals surface area contributed by atoms with Crippen LogP contribution in [0.5, 0.6) is 0 Å². The van der Waals surface area contributed by atoms with E-state index in [0.29, 0.717) is 18.7 Å². The molecule has 0 aliphatic carbocycles. The highest BCUT2D eigenvalue weighted by molar-refractivity contribution is 6.23. The van der Waals surface area contributed by atoms with Gasteiger partial charge in [-0.15, -0.1) is 0 Å². The van der Waals surface area contributed by atoms with Crippen LogP contribution in [0.25, 0.3) is 0 Å². The van der Waals surface area contributed by atoms with Gasteiger partial charge < -0.3 is 10.2 Å². The van der Waals surface area contributed by atoms with Crippen molar-refractivity contribution in [2.75, 3.05) is 26.7 Å². The Labute approximate surface area is 97.4 Å². The standard InChI is InChI=1S/C12H22N2O2/c1-12(2,9-13-11(16)8-15)10-5-4-6-14(3)7-10/h8,10H,4-7,9H2,1-3H3,(H,13,16). The molecule has 1 heterocycles. The summed E-state index contributed by atoms with van der Waals surface area (Å²) in [4.78, 5) is 23.5. The Morgan fingerprint density at radius 3 is 2.81 bits per heavy atom. The van der Waals surface area contributed by atoms with Gasteiger partial charge in [-0.05, 0) is 37.8 Å². The van der Waals surface area contributed by atoms with Gasteiger partial charge in [0.05, 0.1) is 0 Å². The van der Waals surface area contributed by atoms with Crippen molar-refractivity contribution in [2.45, 2.75) is 26.7 Å². The second kappa shape index (κ2) is 5.43. The Morgan fingerprint density at radius 1 is 1.56 bits per heavy atom. The molecule has 1 N–H and O–H groups in total. The Bertz CT molecular complexity index is 264. The third-order valence-electron chi connectivity index (χ3n) is 3.55. The van der Waals surface area contributed by atoms with Crippen molar-refractivity contribution in [3.8, 4) is 0 Å². The zero-order valence-corrected chi connectivity index (χ0v) is 10.5. The van der Waals surface area contributed by atoms with Crippen molar-refractivity contribution >= 4 is 12.2 Å². The van der Waals surface area contributed by atoms with Gasteiger partial charge in [0.15, 0.2) is 0 Å². The van der Waals surface area contributed by atoms with Gasteiger partial charge in [-0.1, -0.05) is 13.8 Å².